The van der Waals surface area contributed by atoms with E-state index in [0.717, 1.165) is 15.8 Å². The molecule has 2 aromatic carbocycles. The van der Waals surface area contributed by atoms with Crippen LogP contribution in [0.15, 0.2) is 71.3 Å². The molecule has 8 heteroatoms. The van der Waals surface area contributed by atoms with E-state index in [1.54, 1.807) is 36.4 Å². The highest BCUT2D eigenvalue weighted by Crippen LogP contribution is 2.26. The summed E-state index contributed by atoms with van der Waals surface area (Å²) in [6.07, 6.45) is 1.58. The van der Waals surface area contributed by atoms with Gasteiger partial charge in [0.25, 0.3) is 5.91 Å². The van der Waals surface area contributed by atoms with Gasteiger partial charge in [-0.2, -0.15) is 0 Å². The fourth-order valence-corrected chi connectivity index (χ4v) is 3.87. The van der Waals surface area contributed by atoms with Gasteiger partial charge in [-0.25, -0.2) is 9.78 Å². The standard InChI is InChI=1S/C22H20N4O3S/c1-23-20(27)16-10-8-15(9-11-16)13-26(14-17-5-4-12-29-17)22(28)25-21-24-18-6-2-3-7-19(18)30-21/h2-12H,13-14H2,1H3,(H,23,27)(H,24,25,28). The summed E-state index contributed by atoms with van der Waals surface area (Å²) >= 11 is 1.43. The zero-order valence-corrected chi connectivity index (χ0v) is 17.1. The second kappa shape index (κ2) is 8.79. The summed E-state index contributed by atoms with van der Waals surface area (Å²) in [6, 6.07) is 18.2. The van der Waals surface area contributed by atoms with Gasteiger partial charge in [0.15, 0.2) is 5.13 Å². The van der Waals surface area contributed by atoms with E-state index in [-0.39, 0.29) is 11.9 Å². The Hall–Kier alpha value is -3.65. The second-order valence-corrected chi connectivity index (χ2v) is 7.66. The van der Waals surface area contributed by atoms with Crippen LogP contribution in [0, 0.1) is 0 Å². The lowest BCUT2D eigenvalue weighted by atomic mass is 10.1. The van der Waals surface area contributed by atoms with E-state index in [9.17, 15) is 9.59 Å². The number of fused-ring (bicyclic) bond motifs is 1. The number of furan rings is 1. The Kier molecular flexibility index (Phi) is 5.76. The number of carbonyl (C=O) groups excluding carboxylic acids is 2. The monoisotopic (exact) mass is 420 g/mol. The van der Waals surface area contributed by atoms with Gasteiger partial charge in [-0.3, -0.25) is 10.1 Å². The van der Waals surface area contributed by atoms with Crippen LogP contribution in [0.2, 0.25) is 0 Å². The zero-order valence-electron chi connectivity index (χ0n) is 16.3. The van der Waals surface area contributed by atoms with Crippen molar-refractivity contribution < 1.29 is 14.0 Å². The first-order valence-electron chi connectivity index (χ1n) is 9.37. The van der Waals surface area contributed by atoms with Crippen LogP contribution in [0.4, 0.5) is 9.93 Å². The smallest absolute Gasteiger partial charge is 0.324 e. The van der Waals surface area contributed by atoms with Crippen molar-refractivity contribution in [3.05, 3.63) is 83.8 Å². The number of nitrogens with zero attached hydrogens (tertiary/aromatic N) is 2. The molecule has 2 aromatic heterocycles. The van der Waals surface area contributed by atoms with E-state index in [1.165, 1.54) is 11.3 Å². The highest BCUT2D eigenvalue weighted by molar-refractivity contribution is 7.22. The number of benzene rings is 2. The first-order chi connectivity index (χ1) is 14.6. The quantitative estimate of drug-likeness (QED) is 0.481. The van der Waals surface area contributed by atoms with Gasteiger partial charge in [-0.15, -0.1) is 0 Å². The molecule has 30 heavy (non-hydrogen) atoms. The van der Waals surface area contributed by atoms with Crippen molar-refractivity contribution in [2.45, 2.75) is 13.1 Å². The maximum absolute atomic E-state index is 13.0. The summed E-state index contributed by atoms with van der Waals surface area (Å²) in [7, 11) is 1.59. The number of rotatable bonds is 6. The number of thiazole rings is 1. The minimum Gasteiger partial charge on any atom is -0.467 e. The van der Waals surface area contributed by atoms with Crippen LogP contribution < -0.4 is 10.6 Å². The molecule has 0 aliphatic rings. The van der Waals surface area contributed by atoms with Gasteiger partial charge >= 0.3 is 6.03 Å². The summed E-state index contributed by atoms with van der Waals surface area (Å²) in [5, 5.41) is 6.03. The minimum absolute atomic E-state index is 0.150. The number of hydrogen-bond acceptors (Lipinski definition) is 5. The lowest BCUT2D eigenvalue weighted by molar-refractivity contribution is 0.0963. The van der Waals surface area contributed by atoms with Crippen LogP contribution >= 0.6 is 11.3 Å². The normalized spacial score (nSPS) is 10.7. The van der Waals surface area contributed by atoms with Gasteiger partial charge in [-0.1, -0.05) is 35.6 Å². The van der Waals surface area contributed by atoms with E-state index < -0.39 is 0 Å². The molecule has 7 nitrogen and oxygen atoms in total. The second-order valence-electron chi connectivity index (χ2n) is 6.63. The third kappa shape index (κ3) is 4.49. The van der Waals surface area contributed by atoms with Crippen molar-refractivity contribution in [1.29, 1.82) is 0 Å². The number of para-hydroxylation sites is 1. The molecule has 0 saturated carbocycles. The summed E-state index contributed by atoms with van der Waals surface area (Å²) in [4.78, 5) is 30.9. The zero-order chi connectivity index (χ0) is 20.9. The van der Waals surface area contributed by atoms with Gasteiger partial charge in [0.05, 0.1) is 23.0 Å². The Balaban J connectivity index is 1.52. The molecular formula is C22H20N4O3S. The Morgan fingerprint density at radius 1 is 1.03 bits per heavy atom. The molecule has 0 saturated heterocycles. The molecule has 2 heterocycles. The van der Waals surface area contributed by atoms with Gasteiger partial charge in [-0.05, 0) is 42.0 Å². The van der Waals surface area contributed by atoms with Crippen molar-refractivity contribution in [2.24, 2.45) is 0 Å². The number of carbonyl (C=O) groups is 2. The lowest BCUT2D eigenvalue weighted by Crippen LogP contribution is -2.34. The lowest BCUT2D eigenvalue weighted by Gasteiger charge is -2.21. The maximum atomic E-state index is 13.0. The summed E-state index contributed by atoms with van der Waals surface area (Å²) < 4.78 is 6.44. The predicted octanol–water partition coefficient (Wildman–Crippen LogP) is 4.48. The highest BCUT2D eigenvalue weighted by Gasteiger charge is 2.18. The van der Waals surface area contributed by atoms with E-state index in [4.69, 9.17) is 4.42 Å². The molecule has 4 rings (SSSR count). The summed E-state index contributed by atoms with van der Waals surface area (Å²) in [5.74, 6) is 0.527. The fourth-order valence-electron chi connectivity index (χ4n) is 3.01. The Labute approximate surface area is 177 Å². The molecule has 0 aliphatic heterocycles. The average Bonchev–Trinajstić information content (AvgIpc) is 3.42. The Morgan fingerprint density at radius 3 is 2.53 bits per heavy atom. The molecule has 2 N–H and O–H groups in total. The van der Waals surface area contributed by atoms with Crippen LogP contribution in [-0.2, 0) is 13.1 Å². The first-order valence-corrected chi connectivity index (χ1v) is 10.2. The Bertz CT molecular complexity index is 1120. The van der Waals surface area contributed by atoms with Gasteiger partial charge in [0, 0.05) is 19.2 Å². The largest absolute Gasteiger partial charge is 0.467 e. The molecule has 0 bridgehead atoms. The molecule has 3 amide bonds. The van der Waals surface area contributed by atoms with Crippen LogP contribution in [0.1, 0.15) is 21.7 Å². The molecule has 4 aromatic rings. The SMILES string of the molecule is CNC(=O)c1ccc(CN(Cc2ccco2)C(=O)Nc2nc3ccccc3s2)cc1. The third-order valence-corrected chi connectivity index (χ3v) is 5.49. The highest BCUT2D eigenvalue weighted by atomic mass is 32.1. The molecular weight excluding hydrogens is 400 g/mol. The predicted molar refractivity (Wildman–Crippen MR) is 116 cm³/mol. The minimum atomic E-state index is -0.277. The summed E-state index contributed by atoms with van der Waals surface area (Å²) in [5.41, 5.74) is 2.31. The maximum Gasteiger partial charge on any atom is 0.324 e. The molecule has 0 spiro atoms. The third-order valence-electron chi connectivity index (χ3n) is 4.54. The van der Waals surface area contributed by atoms with Crippen LogP contribution in [0.25, 0.3) is 10.2 Å². The van der Waals surface area contributed by atoms with Gasteiger partial charge in [0.2, 0.25) is 0 Å². The van der Waals surface area contributed by atoms with Crippen molar-refractivity contribution in [1.82, 2.24) is 15.2 Å². The number of hydrogen-bond donors (Lipinski definition) is 2. The van der Waals surface area contributed by atoms with Crippen molar-refractivity contribution in [3.8, 4) is 0 Å². The van der Waals surface area contributed by atoms with Crippen molar-refractivity contribution in [3.63, 3.8) is 0 Å². The van der Waals surface area contributed by atoms with Crippen LogP contribution in [0.5, 0.6) is 0 Å². The number of urea groups is 1. The topological polar surface area (TPSA) is 87.5 Å². The van der Waals surface area contributed by atoms with E-state index in [2.05, 4.69) is 15.6 Å². The molecule has 152 valence electrons. The molecule has 0 radical (unpaired) electrons. The molecule has 0 atom stereocenters. The van der Waals surface area contributed by atoms with Gasteiger partial charge < -0.3 is 14.6 Å². The molecule has 0 fully saturated rings. The van der Waals surface area contributed by atoms with Gasteiger partial charge in [0.1, 0.15) is 5.76 Å². The fraction of sp³-hybridized carbons (Fsp3) is 0.136. The van der Waals surface area contributed by atoms with E-state index in [1.807, 2.05) is 42.5 Å². The van der Waals surface area contributed by atoms with E-state index >= 15 is 0 Å². The Morgan fingerprint density at radius 2 is 1.83 bits per heavy atom. The molecule has 0 aliphatic carbocycles. The number of nitrogens with one attached hydrogen (secondary N) is 2. The van der Waals surface area contributed by atoms with Crippen molar-refractivity contribution >= 4 is 38.6 Å². The molecule has 0 unspecified atom stereocenters. The first kappa shape index (κ1) is 19.7. The van der Waals surface area contributed by atoms with Crippen LogP contribution in [0.3, 0.4) is 0 Å². The van der Waals surface area contributed by atoms with Crippen molar-refractivity contribution in [2.75, 3.05) is 12.4 Å². The number of anilines is 1. The summed E-state index contributed by atoms with van der Waals surface area (Å²) in [6.45, 7) is 0.659. The van der Waals surface area contributed by atoms with Crippen LogP contribution in [-0.4, -0.2) is 28.9 Å². The van der Waals surface area contributed by atoms with E-state index in [0.29, 0.717) is 29.5 Å². The number of amides is 3. The number of aromatic nitrogens is 1. The average molecular weight is 420 g/mol.